The molecule has 0 bridgehead atoms. The lowest BCUT2D eigenvalue weighted by Crippen LogP contribution is -2.29. The molecule has 6 aromatic rings. The summed E-state index contributed by atoms with van der Waals surface area (Å²) in [4.78, 5) is 16.1. The van der Waals surface area contributed by atoms with Gasteiger partial charge in [0.2, 0.25) is 5.91 Å². The summed E-state index contributed by atoms with van der Waals surface area (Å²) in [7, 11) is 0. The Labute approximate surface area is 372 Å². The molecule has 0 radical (unpaired) electrons. The van der Waals surface area contributed by atoms with Crippen LogP contribution in [0.15, 0.2) is 146 Å². The van der Waals surface area contributed by atoms with Crippen LogP contribution >= 0.6 is 0 Å². The van der Waals surface area contributed by atoms with Gasteiger partial charge < -0.3 is 24.6 Å². The average molecular weight is 841 g/mol. The Morgan fingerprint density at radius 3 is 1.43 bits per heavy atom. The molecule has 2 saturated heterocycles. The standard InChI is InChI=1S/C28H29NO3.C28H31NO2/c30-23-11-15-26-22(19-23)10-14-25(20-5-2-1-3-6-20)28(26)21-8-12-24(13-9-21)32-18-17-29-16-4-7-27(29)31;30-24-11-15-27-23(20-24)10-14-26(21-6-2-1-3-7-21)28(27)22-8-12-25(13-9-22)31-19-18-29-16-4-5-17-29/h1-3,5-6,8-9,11-13,15,19,25,28,30H,4,7,10,14,16-18H2;1-3,6-9,11-13,15,20,26,28,30H,4-5,10,14,16-19H2/t25-,28+;26-,28+/m11/s1. The maximum absolute atomic E-state index is 11.8. The SMILES string of the molecule is O=C1CCCN1CCOc1ccc([C@@H]2c3ccc(O)cc3CC[C@@H]2c2ccccc2)cc1.Oc1ccc2c(c1)CC[C@H](c1ccccc1)[C@@H]2c1ccc(OCCN2CCCC2)cc1. The van der Waals surface area contributed by atoms with E-state index in [2.05, 4.69) is 114 Å². The number of aryl methyl sites for hydroxylation is 2. The first kappa shape index (κ1) is 42.3. The Balaban J connectivity index is 0.000000160. The van der Waals surface area contributed by atoms with Crippen LogP contribution in [-0.2, 0) is 17.6 Å². The number of ether oxygens (including phenoxy) is 2. The second-order valence-corrected chi connectivity index (χ2v) is 17.7. The minimum absolute atomic E-state index is 0.234. The number of fused-ring (bicyclic) bond motifs is 2. The van der Waals surface area contributed by atoms with Gasteiger partial charge in [-0.05, 0) is 163 Å². The normalized spacial score (nSPS) is 20.6. The van der Waals surface area contributed by atoms with E-state index in [-0.39, 0.29) is 17.7 Å². The number of carbonyl (C=O) groups is 1. The highest BCUT2D eigenvalue weighted by molar-refractivity contribution is 5.78. The predicted octanol–water partition coefficient (Wildman–Crippen LogP) is 11.0. The highest BCUT2D eigenvalue weighted by Gasteiger charge is 2.33. The van der Waals surface area contributed by atoms with Gasteiger partial charge in [0.15, 0.2) is 0 Å². The number of benzene rings is 6. The second kappa shape index (κ2) is 20.0. The van der Waals surface area contributed by atoms with Crippen LogP contribution in [0.4, 0.5) is 0 Å². The molecule has 324 valence electrons. The van der Waals surface area contributed by atoms with Crippen LogP contribution in [0.3, 0.4) is 0 Å². The molecule has 0 spiro atoms. The topological polar surface area (TPSA) is 82.5 Å². The summed E-state index contributed by atoms with van der Waals surface area (Å²) in [6.07, 6.45) is 8.35. The Morgan fingerprint density at radius 2 is 0.968 bits per heavy atom. The van der Waals surface area contributed by atoms with Gasteiger partial charge in [0.1, 0.15) is 36.2 Å². The van der Waals surface area contributed by atoms with Gasteiger partial charge >= 0.3 is 0 Å². The van der Waals surface area contributed by atoms with Crippen LogP contribution < -0.4 is 9.47 Å². The first-order valence-electron chi connectivity index (χ1n) is 23.2. The number of phenolic OH excluding ortho intramolecular Hbond substituents is 2. The van der Waals surface area contributed by atoms with Gasteiger partial charge in [0.25, 0.3) is 0 Å². The van der Waals surface area contributed by atoms with Crippen molar-refractivity contribution < 1.29 is 24.5 Å². The van der Waals surface area contributed by atoms with Gasteiger partial charge in [-0.25, -0.2) is 0 Å². The van der Waals surface area contributed by atoms with Gasteiger partial charge in [0.05, 0.1) is 6.54 Å². The largest absolute Gasteiger partial charge is 0.508 e. The molecule has 2 aliphatic carbocycles. The summed E-state index contributed by atoms with van der Waals surface area (Å²) < 4.78 is 12.0. The molecular formula is C56H60N2O5. The molecule has 2 heterocycles. The maximum Gasteiger partial charge on any atom is 0.222 e. The fourth-order valence-electron chi connectivity index (χ4n) is 10.6. The van der Waals surface area contributed by atoms with E-state index in [4.69, 9.17) is 9.47 Å². The molecule has 63 heavy (non-hydrogen) atoms. The first-order chi connectivity index (χ1) is 31.0. The summed E-state index contributed by atoms with van der Waals surface area (Å²) in [5.41, 5.74) is 10.4. The van der Waals surface area contributed by atoms with Crippen molar-refractivity contribution in [2.75, 3.05) is 45.9 Å². The Bertz CT molecular complexity index is 2410. The minimum Gasteiger partial charge on any atom is -0.508 e. The molecule has 4 aliphatic rings. The molecule has 0 aromatic heterocycles. The zero-order valence-corrected chi connectivity index (χ0v) is 36.3. The van der Waals surface area contributed by atoms with Crippen LogP contribution in [0.5, 0.6) is 23.0 Å². The van der Waals surface area contributed by atoms with Gasteiger partial charge in [-0.2, -0.15) is 0 Å². The number of aromatic hydroxyl groups is 2. The highest BCUT2D eigenvalue weighted by atomic mass is 16.5. The monoisotopic (exact) mass is 840 g/mol. The molecule has 1 amide bonds. The molecule has 4 atom stereocenters. The van der Waals surface area contributed by atoms with E-state index >= 15 is 0 Å². The highest BCUT2D eigenvalue weighted by Crippen LogP contribution is 2.48. The summed E-state index contributed by atoms with van der Waals surface area (Å²) in [5, 5.41) is 20.0. The van der Waals surface area contributed by atoms with Crippen molar-refractivity contribution in [2.24, 2.45) is 0 Å². The van der Waals surface area contributed by atoms with Crippen molar-refractivity contribution in [2.45, 2.75) is 75.0 Å². The maximum atomic E-state index is 11.8. The van der Waals surface area contributed by atoms with E-state index in [0.29, 0.717) is 42.9 Å². The van der Waals surface area contributed by atoms with Crippen LogP contribution in [-0.4, -0.2) is 71.9 Å². The number of carbonyl (C=O) groups excluding carboxylic acids is 1. The molecule has 2 N–H and O–H groups in total. The average Bonchev–Trinajstić information content (AvgIpc) is 4.01. The quantitative estimate of drug-likeness (QED) is 0.128. The molecule has 6 aromatic carbocycles. The summed E-state index contributed by atoms with van der Waals surface area (Å²) in [6.45, 7) is 6.19. The second-order valence-electron chi connectivity index (χ2n) is 17.7. The van der Waals surface area contributed by atoms with Gasteiger partial charge in [-0.3, -0.25) is 9.69 Å². The van der Waals surface area contributed by atoms with E-state index in [0.717, 1.165) is 63.3 Å². The summed E-state index contributed by atoms with van der Waals surface area (Å²) >= 11 is 0. The lowest BCUT2D eigenvalue weighted by atomic mass is 9.69. The molecule has 7 heteroatoms. The minimum atomic E-state index is 0.234. The number of amides is 1. The Hall–Kier alpha value is -6.05. The lowest BCUT2D eigenvalue weighted by Gasteiger charge is -2.35. The predicted molar refractivity (Wildman–Crippen MR) is 250 cm³/mol. The molecule has 2 fully saturated rings. The zero-order valence-electron chi connectivity index (χ0n) is 36.3. The number of likely N-dealkylation sites (tertiary alicyclic amines) is 2. The van der Waals surface area contributed by atoms with Crippen LogP contribution in [0, 0.1) is 0 Å². The van der Waals surface area contributed by atoms with E-state index in [1.54, 1.807) is 6.07 Å². The lowest BCUT2D eigenvalue weighted by molar-refractivity contribution is -0.128. The summed E-state index contributed by atoms with van der Waals surface area (Å²) in [5.74, 6) is 4.04. The van der Waals surface area contributed by atoms with Crippen LogP contribution in [0.25, 0.3) is 0 Å². The van der Waals surface area contributed by atoms with Crippen LogP contribution in [0.2, 0.25) is 0 Å². The number of phenols is 2. The fourth-order valence-corrected chi connectivity index (χ4v) is 10.6. The van der Waals surface area contributed by atoms with Crippen molar-refractivity contribution in [3.63, 3.8) is 0 Å². The van der Waals surface area contributed by atoms with E-state index < -0.39 is 0 Å². The van der Waals surface area contributed by atoms with Crippen LogP contribution in [0.1, 0.15) is 107 Å². The van der Waals surface area contributed by atoms with E-state index in [9.17, 15) is 15.0 Å². The molecule has 0 unspecified atom stereocenters. The molecular weight excluding hydrogens is 781 g/mol. The number of rotatable bonds is 12. The number of hydrogen-bond donors (Lipinski definition) is 2. The number of nitrogens with zero attached hydrogens (tertiary/aromatic N) is 2. The van der Waals surface area contributed by atoms with Crippen molar-refractivity contribution >= 4 is 5.91 Å². The van der Waals surface area contributed by atoms with E-state index in [1.165, 1.54) is 70.4 Å². The Morgan fingerprint density at radius 1 is 0.492 bits per heavy atom. The third-order valence-electron chi connectivity index (χ3n) is 13.8. The van der Waals surface area contributed by atoms with Crippen molar-refractivity contribution in [3.8, 4) is 23.0 Å². The number of hydrogen-bond acceptors (Lipinski definition) is 6. The van der Waals surface area contributed by atoms with E-state index in [1.807, 2.05) is 35.2 Å². The van der Waals surface area contributed by atoms with Gasteiger partial charge in [-0.15, -0.1) is 0 Å². The van der Waals surface area contributed by atoms with Crippen molar-refractivity contribution in [1.29, 1.82) is 0 Å². The van der Waals surface area contributed by atoms with Gasteiger partial charge in [-0.1, -0.05) is 97.1 Å². The molecule has 0 saturated carbocycles. The smallest absolute Gasteiger partial charge is 0.222 e. The molecule has 2 aliphatic heterocycles. The summed E-state index contributed by atoms with van der Waals surface area (Å²) in [6, 6.07) is 50.4. The van der Waals surface area contributed by atoms with Crippen molar-refractivity contribution in [3.05, 3.63) is 190 Å². The molecule has 10 rings (SSSR count). The van der Waals surface area contributed by atoms with Crippen molar-refractivity contribution in [1.82, 2.24) is 9.80 Å². The molecule has 7 nitrogen and oxygen atoms in total. The third kappa shape index (κ3) is 10.1. The zero-order chi connectivity index (χ0) is 43.0. The third-order valence-corrected chi connectivity index (χ3v) is 13.8. The first-order valence-corrected chi connectivity index (χ1v) is 23.2. The Kier molecular flexibility index (Phi) is 13.4. The fraction of sp³-hybridized carbons (Fsp3) is 0.339. The van der Waals surface area contributed by atoms with Gasteiger partial charge in [0, 0.05) is 31.3 Å².